The first-order valence-corrected chi connectivity index (χ1v) is 10.4. The van der Waals surface area contributed by atoms with E-state index in [2.05, 4.69) is 65.4 Å². The molecule has 0 aliphatic heterocycles. The number of hydrogen-bond donors (Lipinski definition) is 2. The summed E-state index contributed by atoms with van der Waals surface area (Å²) in [6.45, 7) is 3.16. The summed E-state index contributed by atoms with van der Waals surface area (Å²) in [6, 6.07) is 12.8. The molecule has 3 nitrogen and oxygen atoms in total. The summed E-state index contributed by atoms with van der Waals surface area (Å²) in [7, 11) is 0. The maximum Gasteiger partial charge on any atom is 0.233 e. The van der Waals surface area contributed by atoms with Crippen molar-refractivity contribution >= 4 is 17.2 Å². The minimum Gasteiger partial charge on any atom is -0.355 e. The molecule has 3 rings (SSSR count). The lowest BCUT2D eigenvalue weighted by Crippen LogP contribution is -2.36. The first-order valence-electron chi connectivity index (χ1n) is 9.50. The molecule has 0 spiro atoms. The molecule has 0 bridgehead atoms. The van der Waals surface area contributed by atoms with Gasteiger partial charge in [0.25, 0.3) is 0 Å². The smallest absolute Gasteiger partial charge is 0.233 e. The zero-order valence-electron chi connectivity index (χ0n) is 15.5. The van der Waals surface area contributed by atoms with Gasteiger partial charge in [0.2, 0.25) is 5.91 Å². The number of carbonyl (C=O) groups excluding carboxylic acids is 1. The molecule has 138 valence electrons. The average Bonchev–Trinajstić information content (AvgIpc) is 3.19. The minimum atomic E-state index is 0.0578. The van der Waals surface area contributed by atoms with Crippen molar-refractivity contribution in [2.45, 2.75) is 45.1 Å². The molecule has 1 aliphatic rings. The molecule has 1 atom stereocenters. The second kappa shape index (κ2) is 9.70. The Labute approximate surface area is 160 Å². The van der Waals surface area contributed by atoms with E-state index < -0.39 is 0 Å². The zero-order valence-corrected chi connectivity index (χ0v) is 16.3. The second-order valence-electron chi connectivity index (χ2n) is 6.95. The van der Waals surface area contributed by atoms with Crippen molar-refractivity contribution in [1.82, 2.24) is 10.6 Å². The Hall–Kier alpha value is -1.91. The van der Waals surface area contributed by atoms with E-state index in [1.54, 1.807) is 11.3 Å². The van der Waals surface area contributed by atoms with Crippen molar-refractivity contribution in [3.8, 4) is 0 Å². The second-order valence-corrected chi connectivity index (χ2v) is 7.93. The van der Waals surface area contributed by atoms with Gasteiger partial charge in [-0.1, -0.05) is 47.5 Å². The summed E-state index contributed by atoms with van der Waals surface area (Å²) in [5.41, 5.74) is 3.94. The fourth-order valence-corrected chi connectivity index (χ4v) is 4.18. The van der Waals surface area contributed by atoms with Crippen molar-refractivity contribution in [2.75, 3.05) is 13.1 Å². The Morgan fingerprint density at radius 1 is 1.19 bits per heavy atom. The third-order valence-corrected chi connectivity index (χ3v) is 5.80. The number of nitrogens with one attached hydrogen (secondary N) is 2. The molecule has 1 heterocycles. The van der Waals surface area contributed by atoms with Crippen LogP contribution in [0.25, 0.3) is 0 Å². The van der Waals surface area contributed by atoms with E-state index in [1.807, 2.05) is 0 Å². The third kappa shape index (κ3) is 5.55. The Kier molecular flexibility index (Phi) is 7.04. The van der Waals surface area contributed by atoms with Gasteiger partial charge < -0.3 is 5.32 Å². The van der Waals surface area contributed by atoms with Crippen molar-refractivity contribution < 1.29 is 4.79 Å². The van der Waals surface area contributed by atoms with Gasteiger partial charge in [0.05, 0.1) is 12.6 Å². The standard InChI is InChI=1S/C22H28N2OS/c1-17-9-11-19(12-10-17)22(20-8-5-15-26-20)24-16-21(25)23-14-13-18-6-3-2-4-7-18/h5-6,8-12,15,22,24H,2-4,7,13-14,16H2,1H3,(H,23,25)/t22-/m0/s1. The van der Waals surface area contributed by atoms with Crippen LogP contribution in [0.5, 0.6) is 0 Å². The monoisotopic (exact) mass is 368 g/mol. The largest absolute Gasteiger partial charge is 0.355 e. The van der Waals surface area contributed by atoms with E-state index in [-0.39, 0.29) is 11.9 Å². The molecule has 2 aromatic rings. The van der Waals surface area contributed by atoms with Gasteiger partial charge in [-0.3, -0.25) is 10.1 Å². The van der Waals surface area contributed by atoms with E-state index in [1.165, 1.54) is 47.3 Å². The van der Waals surface area contributed by atoms with Crippen molar-refractivity contribution in [2.24, 2.45) is 0 Å². The number of carbonyl (C=O) groups is 1. The van der Waals surface area contributed by atoms with Crippen LogP contribution < -0.4 is 10.6 Å². The molecular weight excluding hydrogens is 340 g/mol. The molecule has 1 aromatic carbocycles. The van der Waals surface area contributed by atoms with Crippen LogP contribution in [-0.2, 0) is 4.79 Å². The average molecular weight is 369 g/mol. The SMILES string of the molecule is Cc1ccc([C@H](NCC(=O)NCCC2=CCCCC2)c2cccs2)cc1. The van der Waals surface area contributed by atoms with Crippen LogP contribution >= 0.6 is 11.3 Å². The Morgan fingerprint density at radius 2 is 2.04 bits per heavy atom. The normalized spacial score (nSPS) is 15.3. The molecule has 0 unspecified atom stereocenters. The summed E-state index contributed by atoms with van der Waals surface area (Å²) in [6.07, 6.45) is 8.32. The number of aryl methyl sites for hydroxylation is 1. The summed E-state index contributed by atoms with van der Waals surface area (Å²) in [4.78, 5) is 13.5. The predicted octanol–water partition coefficient (Wildman–Crippen LogP) is 4.74. The Balaban J connectivity index is 1.51. The van der Waals surface area contributed by atoms with Gasteiger partial charge in [-0.05, 0) is 56.0 Å². The molecule has 1 aliphatic carbocycles. The third-order valence-electron chi connectivity index (χ3n) is 4.86. The maximum atomic E-state index is 12.3. The lowest BCUT2D eigenvalue weighted by molar-refractivity contribution is -0.120. The van der Waals surface area contributed by atoms with E-state index in [9.17, 15) is 4.79 Å². The highest BCUT2D eigenvalue weighted by molar-refractivity contribution is 7.10. The van der Waals surface area contributed by atoms with E-state index >= 15 is 0 Å². The van der Waals surface area contributed by atoms with Gasteiger partial charge in [-0.2, -0.15) is 0 Å². The number of allylic oxidation sites excluding steroid dienone is 1. The number of hydrogen-bond acceptors (Lipinski definition) is 3. The van der Waals surface area contributed by atoms with E-state index in [4.69, 9.17) is 0 Å². The van der Waals surface area contributed by atoms with Crippen LogP contribution in [0, 0.1) is 6.92 Å². The summed E-state index contributed by atoms with van der Waals surface area (Å²) in [5, 5.41) is 8.56. The number of thiophene rings is 1. The first-order chi connectivity index (χ1) is 12.7. The fraction of sp³-hybridized carbons (Fsp3) is 0.409. The predicted molar refractivity (Wildman–Crippen MR) is 110 cm³/mol. The lowest BCUT2D eigenvalue weighted by Gasteiger charge is -2.18. The van der Waals surface area contributed by atoms with Crippen LogP contribution in [0.4, 0.5) is 0 Å². The van der Waals surface area contributed by atoms with Crippen LogP contribution in [0.3, 0.4) is 0 Å². The molecule has 4 heteroatoms. The van der Waals surface area contributed by atoms with Crippen LogP contribution in [0.1, 0.15) is 54.1 Å². The summed E-state index contributed by atoms with van der Waals surface area (Å²) >= 11 is 1.72. The van der Waals surface area contributed by atoms with Gasteiger partial charge in [-0.15, -0.1) is 11.3 Å². The van der Waals surface area contributed by atoms with Crippen LogP contribution in [0.2, 0.25) is 0 Å². The molecule has 0 saturated heterocycles. The fourth-order valence-electron chi connectivity index (χ4n) is 3.35. The summed E-state index contributed by atoms with van der Waals surface area (Å²) < 4.78 is 0. The van der Waals surface area contributed by atoms with Gasteiger partial charge in [0.15, 0.2) is 0 Å². The highest BCUT2D eigenvalue weighted by atomic mass is 32.1. The van der Waals surface area contributed by atoms with Crippen molar-refractivity contribution in [3.05, 3.63) is 69.4 Å². The molecule has 0 saturated carbocycles. The minimum absolute atomic E-state index is 0.0578. The first kappa shape index (κ1) is 18.9. The highest BCUT2D eigenvalue weighted by Crippen LogP contribution is 2.26. The van der Waals surface area contributed by atoms with E-state index in [0.29, 0.717) is 6.54 Å². The quantitative estimate of drug-likeness (QED) is 0.661. The van der Waals surface area contributed by atoms with Crippen LogP contribution in [0.15, 0.2) is 53.4 Å². The number of amides is 1. The molecule has 0 fully saturated rings. The van der Waals surface area contributed by atoms with Crippen molar-refractivity contribution in [3.63, 3.8) is 0 Å². The molecule has 0 radical (unpaired) electrons. The van der Waals surface area contributed by atoms with Gasteiger partial charge in [-0.25, -0.2) is 0 Å². The Morgan fingerprint density at radius 3 is 2.73 bits per heavy atom. The van der Waals surface area contributed by atoms with Gasteiger partial charge in [0.1, 0.15) is 0 Å². The highest BCUT2D eigenvalue weighted by Gasteiger charge is 2.16. The van der Waals surface area contributed by atoms with Crippen molar-refractivity contribution in [1.29, 1.82) is 0 Å². The Bertz CT molecular complexity index is 719. The summed E-state index contributed by atoms with van der Waals surface area (Å²) in [5.74, 6) is 0.0649. The molecule has 1 amide bonds. The number of benzene rings is 1. The maximum absolute atomic E-state index is 12.3. The molecule has 1 aromatic heterocycles. The molecular formula is C22H28N2OS. The lowest BCUT2D eigenvalue weighted by atomic mass is 9.97. The van der Waals surface area contributed by atoms with E-state index in [0.717, 1.165) is 13.0 Å². The number of rotatable bonds is 8. The topological polar surface area (TPSA) is 41.1 Å². The van der Waals surface area contributed by atoms with Gasteiger partial charge in [0, 0.05) is 11.4 Å². The molecule has 26 heavy (non-hydrogen) atoms. The molecule has 2 N–H and O–H groups in total. The zero-order chi connectivity index (χ0) is 18.2. The van der Waals surface area contributed by atoms with Gasteiger partial charge >= 0.3 is 0 Å². The van der Waals surface area contributed by atoms with Crippen LogP contribution in [-0.4, -0.2) is 19.0 Å².